The Morgan fingerprint density at radius 2 is 1.33 bits per heavy atom. The summed E-state index contributed by atoms with van der Waals surface area (Å²) in [6.07, 6.45) is 10.1. The molecular weight excluding hydrogens is 1190 g/mol. The Morgan fingerprint density at radius 1 is 0.692 bits per heavy atom. The topological polar surface area (TPSA) is 250 Å². The first-order chi connectivity index (χ1) is 44.2. The molecule has 6 atom stereocenters. The fourth-order valence-electron chi connectivity index (χ4n) is 12.0. The van der Waals surface area contributed by atoms with E-state index in [1.165, 1.54) is 26.8 Å². The second-order valence-corrected chi connectivity index (χ2v) is 24.9. The van der Waals surface area contributed by atoms with Gasteiger partial charge in [-0.3, -0.25) is 29.0 Å². The zero-order chi connectivity index (χ0) is 62.4. The summed E-state index contributed by atoms with van der Waals surface area (Å²) in [4.78, 5) is 106. The largest absolute Gasteiger partial charge is 0.488 e. The minimum absolute atomic E-state index is 0.0692. The molecule has 2 saturated heterocycles. The molecule has 10 aromatic rings. The molecular formula is C68H59N11O10S2+2. The maximum absolute atomic E-state index is 14.6. The van der Waals surface area contributed by atoms with Crippen LogP contribution in [0.1, 0.15) is 82.7 Å². The third kappa shape index (κ3) is 11.9. The monoisotopic (exact) mass is 1250 g/mol. The number of nitrogens with zero attached hydrogens (tertiary/aromatic N) is 6. The van der Waals surface area contributed by atoms with E-state index in [2.05, 4.69) is 42.6 Å². The van der Waals surface area contributed by atoms with Crippen molar-refractivity contribution in [3.05, 3.63) is 199 Å². The molecule has 0 spiro atoms. The van der Waals surface area contributed by atoms with Gasteiger partial charge in [-0.2, -0.15) is 9.14 Å². The van der Waals surface area contributed by atoms with Crippen molar-refractivity contribution in [3.63, 3.8) is 0 Å². The Hall–Kier alpha value is -10.5. The lowest BCUT2D eigenvalue weighted by atomic mass is 10.0. The third-order valence-corrected chi connectivity index (χ3v) is 19.1. The molecule has 0 saturated carbocycles. The van der Waals surface area contributed by atoms with Crippen LogP contribution in [0.3, 0.4) is 0 Å². The SMILES string of the molecule is C=[N+](C(=O)[C@@H]1C[C@H](c2ncco2)CN1C(=O)CNC(=O)c1ccc2c(c1)Oc1ccccc1S2)[C@H](C)c1cc2c[n+](-c3cccc(O[C@@H]4C[C@@H](C(=O)N[C@H](C)c5cc6cnccc6[nH]5)N(C(=O)CNC(=O)c5ccc6c(c5)Oc5ccccc5S6)C4)c3)ccc2[nH]1. The predicted octanol–water partition coefficient (Wildman–Crippen LogP) is 9.59. The quantitative estimate of drug-likeness (QED) is 0.0446. The van der Waals surface area contributed by atoms with Gasteiger partial charge in [-0.15, -0.1) is 0 Å². The van der Waals surface area contributed by atoms with Crippen molar-refractivity contribution in [2.75, 3.05) is 26.2 Å². The average molecular weight is 1250 g/mol. The summed E-state index contributed by atoms with van der Waals surface area (Å²) in [5.74, 6) is 0.371. The number of pyridine rings is 2. The molecule has 4 aliphatic heterocycles. The fourth-order valence-corrected chi connectivity index (χ4v) is 13.8. The van der Waals surface area contributed by atoms with Gasteiger partial charge >= 0.3 is 5.91 Å². The molecule has 5 N–H and O–H groups in total. The predicted molar refractivity (Wildman–Crippen MR) is 336 cm³/mol. The number of likely N-dealkylation sites (tertiary alicyclic amines) is 2. The Bertz CT molecular complexity index is 4540. The number of fused-ring (bicyclic) bond motifs is 6. The summed E-state index contributed by atoms with van der Waals surface area (Å²) in [5, 5.41) is 10.3. The molecule has 0 unspecified atom stereocenters. The van der Waals surface area contributed by atoms with Crippen LogP contribution in [0.15, 0.2) is 195 Å². The number of hydrogen-bond acceptors (Lipinski definition) is 14. The maximum atomic E-state index is 14.6. The van der Waals surface area contributed by atoms with Crippen molar-refractivity contribution in [3.8, 4) is 34.4 Å². The summed E-state index contributed by atoms with van der Waals surface area (Å²) >= 11 is 3.09. The molecule has 4 aliphatic rings. The van der Waals surface area contributed by atoms with Gasteiger partial charge in [0.2, 0.25) is 23.4 Å². The van der Waals surface area contributed by atoms with E-state index in [-0.39, 0.29) is 50.8 Å². The summed E-state index contributed by atoms with van der Waals surface area (Å²) in [7, 11) is 0. The number of carbonyl (C=O) groups excluding carboxylic acids is 6. The van der Waals surface area contributed by atoms with Gasteiger partial charge < -0.3 is 54.3 Å². The van der Waals surface area contributed by atoms with Crippen molar-refractivity contribution in [2.24, 2.45) is 0 Å². The zero-order valence-electron chi connectivity index (χ0n) is 49.2. The number of ether oxygens (including phenoxy) is 3. The van der Waals surface area contributed by atoms with Crippen molar-refractivity contribution in [2.45, 2.75) is 82.5 Å². The van der Waals surface area contributed by atoms with Crippen LogP contribution < -0.4 is 34.7 Å². The van der Waals surface area contributed by atoms with E-state index in [1.54, 1.807) is 60.2 Å². The molecule has 21 nitrogen and oxygen atoms in total. The van der Waals surface area contributed by atoms with Gasteiger partial charge in [-0.25, -0.2) is 9.78 Å². The number of hydrogen-bond donors (Lipinski definition) is 5. The number of amides is 6. The normalized spacial score (nSPS) is 17.7. The second-order valence-electron chi connectivity index (χ2n) is 22.7. The van der Waals surface area contributed by atoms with E-state index < -0.39 is 59.8 Å². The minimum Gasteiger partial charge on any atom is -0.488 e. The summed E-state index contributed by atoms with van der Waals surface area (Å²) in [6, 6.07) is 37.9. The van der Waals surface area contributed by atoms with Gasteiger partial charge in [0.05, 0.1) is 80.0 Å². The Balaban J connectivity index is 0.637. The molecule has 9 heterocycles. The van der Waals surface area contributed by atoms with E-state index in [9.17, 15) is 28.8 Å². The lowest BCUT2D eigenvalue weighted by molar-refractivity contribution is -0.594. The van der Waals surface area contributed by atoms with Gasteiger partial charge in [-0.05, 0) is 98.3 Å². The van der Waals surface area contributed by atoms with Gasteiger partial charge in [0, 0.05) is 72.1 Å². The smallest absolute Gasteiger partial charge is 0.409 e. The number of rotatable bonds is 16. The second kappa shape index (κ2) is 24.5. The molecule has 456 valence electrons. The molecule has 5 aromatic heterocycles. The van der Waals surface area contributed by atoms with E-state index in [1.807, 2.05) is 140 Å². The molecule has 91 heavy (non-hydrogen) atoms. The van der Waals surface area contributed by atoms with Crippen LogP contribution in [-0.2, 0) is 19.2 Å². The number of benzene rings is 5. The fraction of sp³-hybridized carbons (Fsp3) is 0.206. The summed E-state index contributed by atoms with van der Waals surface area (Å²) in [5.41, 5.74) is 4.53. The summed E-state index contributed by atoms with van der Waals surface area (Å²) in [6.45, 7) is 7.41. The zero-order valence-corrected chi connectivity index (χ0v) is 50.8. The number of nitrogens with one attached hydrogen (secondary N) is 5. The van der Waals surface area contributed by atoms with Crippen molar-refractivity contribution in [1.29, 1.82) is 0 Å². The molecule has 6 amide bonds. The Labute approximate surface area is 529 Å². The van der Waals surface area contributed by atoms with Gasteiger partial charge in [-0.1, -0.05) is 53.9 Å². The number of aromatic nitrogens is 5. The van der Waals surface area contributed by atoms with Crippen molar-refractivity contribution in [1.82, 2.24) is 45.7 Å². The van der Waals surface area contributed by atoms with E-state index in [0.717, 1.165) is 52.8 Å². The van der Waals surface area contributed by atoms with E-state index >= 15 is 0 Å². The molecule has 23 heteroatoms. The molecule has 5 aromatic carbocycles. The van der Waals surface area contributed by atoms with Gasteiger partial charge in [0.15, 0.2) is 30.4 Å². The van der Waals surface area contributed by atoms with Crippen molar-refractivity contribution < 1.29 is 56.5 Å². The van der Waals surface area contributed by atoms with Crippen LogP contribution in [0, 0.1) is 0 Å². The first-order valence-corrected chi connectivity index (χ1v) is 31.3. The molecule has 0 bridgehead atoms. The standard InChI is InChI=1S/C68H57N11O10S2/c1-38(50-25-42-32-69-21-19-48(42)74-50)73-66(84)52-31-47(37-79(52)63(81)34-72-65(83)41-16-18-61-57(29-41)89-55-12-5-7-14-59(55)91-61)87-46-10-8-9-45(30-46)77-23-20-49-43(35-77)26-51(75-49)39(2)76(3)68(85)53-27-44(67-70-22-24-86-67)36-78(53)62(80)33-71-64(82)40-15-17-60-56(28-40)88-54-11-4-6-13-58(54)90-60/h4-26,28-30,32,35,38-39,44,47,52-53H,3,27,31,33-34,36-37H2,1-2H3,(H3-,69,71,72,73,74,82,83,84)/p+2/t38-,39-,44+,47-,52+,53+/m1/s1. The number of H-pyrrole nitrogens is 2. The maximum Gasteiger partial charge on any atom is 0.409 e. The van der Waals surface area contributed by atoms with E-state index in [0.29, 0.717) is 51.5 Å². The lowest BCUT2D eigenvalue weighted by Crippen LogP contribution is -2.49. The minimum atomic E-state index is -0.931. The highest BCUT2D eigenvalue weighted by Crippen LogP contribution is 2.48. The highest BCUT2D eigenvalue weighted by atomic mass is 32.2. The van der Waals surface area contributed by atoms with Crippen LogP contribution in [0.2, 0.25) is 0 Å². The highest BCUT2D eigenvalue weighted by molar-refractivity contribution is 7.99. The van der Waals surface area contributed by atoms with Gasteiger partial charge in [0.25, 0.3) is 11.8 Å². The molecule has 0 aliphatic carbocycles. The number of para-hydroxylation sites is 2. The molecule has 14 rings (SSSR count). The summed E-state index contributed by atoms with van der Waals surface area (Å²) < 4.78 is 27.8. The van der Waals surface area contributed by atoms with Crippen LogP contribution in [0.5, 0.6) is 28.7 Å². The van der Waals surface area contributed by atoms with Crippen molar-refractivity contribution >= 4 is 87.5 Å². The average Bonchev–Trinajstić information content (AvgIpc) is 2.01. The number of carbonyl (C=O) groups is 6. The first kappa shape index (κ1) is 58.2. The number of aromatic amines is 2. The van der Waals surface area contributed by atoms with Crippen LogP contribution in [0.25, 0.3) is 27.5 Å². The van der Waals surface area contributed by atoms with Crippen LogP contribution in [-0.4, -0.2) is 121 Å². The lowest BCUT2D eigenvalue weighted by Gasteiger charge is -2.25. The van der Waals surface area contributed by atoms with E-state index in [4.69, 9.17) is 18.6 Å². The first-order valence-electron chi connectivity index (χ1n) is 29.6. The third-order valence-electron chi connectivity index (χ3n) is 16.9. The molecule has 0 radical (unpaired) electrons. The Morgan fingerprint density at radius 3 is 2.00 bits per heavy atom. The van der Waals surface area contributed by atoms with Gasteiger partial charge in [0.1, 0.15) is 53.9 Å². The van der Waals surface area contributed by atoms with Crippen LogP contribution >= 0.6 is 23.5 Å². The highest BCUT2D eigenvalue weighted by Gasteiger charge is 2.47. The number of oxazole rings is 1. The van der Waals surface area contributed by atoms with Crippen LogP contribution in [0.4, 0.5) is 0 Å². The Kier molecular flexibility index (Phi) is 15.6. The molecule has 2 fully saturated rings.